The van der Waals surface area contributed by atoms with E-state index >= 15 is 0 Å². The molecule has 0 amide bonds. The first kappa shape index (κ1) is 77.2. The van der Waals surface area contributed by atoms with E-state index in [-0.39, 0.29) is 44.0 Å². The fourth-order valence-electron chi connectivity index (χ4n) is 8.24. The monoisotopic (exact) mass is 1140 g/mol. The van der Waals surface area contributed by atoms with Gasteiger partial charge in [0.1, 0.15) is 13.2 Å². The molecule has 0 bridgehead atoms. The number of carbonyl (C=O) groups excluding carboxylic acids is 3. The standard InChI is InChI=1S/C77H118O6/c1-4-7-10-13-16-19-22-24-26-28-30-32-33-34-35-36-37-38-39-40-41-42-43-45-46-48-50-52-55-58-61-64-67-70-76(79)82-73-74(72-81-75(78)69-66-63-60-57-54-21-18-15-12-9-6-3)83-77(80)71-68-65-62-59-56-53-51-49-47-44-31-29-27-25-23-20-17-14-11-8-5-2/h7-8,10-11,16-17,19-20,24-27,30-32,34-35,37-38,40-41,43-45,48-51,55-56,58-59,74H,4-6,9,12-15,18,21-23,28-29,33,36,39,42,46-47,52-54,57,60-73H2,1-3H3/b10-7-,11-8-,19-16-,20-17-,26-24-,27-25-,32-30-,35-34-,38-37-,41-40-,44-31-,45-43-,50-48-,51-49-,58-55-,59-56-. The average molecular weight is 1140 g/mol. The predicted molar refractivity (Wildman–Crippen MR) is 361 cm³/mol. The van der Waals surface area contributed by atoms with E-state index in [1.54, 1.807) is 0 Å². The Bertz CT molecular complexity index is 1990. The van der Waals surface area contributed by atoms with Crippen LogP contribution < -0.4 is 0 Å². The molecule has 0 aromatic heterocycles. The molecule has 0 aliphatic rings. The summed E-state index contributed by atoms with van der Waals surface area (Å²) in [6.07, 6.45) is 104. The third-order valence-electron chi connectivity index (χ3n) is 13.1. The van der Waals surface area contributed by atoms with Gasteiger partial charge in [0.25, 0.3) is 0 Å². The van der Waals surface area contributed by atoms with Crippen LogP contribution in [0.4, 0.5) is 0 Å². The van der Waals surface area contributed by atoms with Crippen LogP contribution in [0, 0.1) is 0 Å². The lowest BCUT2D eigenvalue weighted by Gasteiger charge is -2.18. The third kappa shape index (κ3) is 66.9. The highest BCUT2D eigenvalue weighted by atomic mass is 16.6. The first-order valence-electron chi connectivity index (χ1n) is 32.9. The number of allylic oxidation sites excluding steroid dienone is 32. The van der Waals surface area contributed by atoms with Gasteiger partial charge >= 0.3 is 17.9 Å². The summed E-state index contributed by atoms with van der Waals surface area (Å²) in [5, 5.41) is 0. The molecule has 0 aromatic carbocycles. The third-order valence-corrected chi connectivity index (χ3v) is 13.1. The largest absolute Gasteiger partial charge is 0.462 e. The second kappa shape index (κ2) is 68.7. The van der Waals surface area contributed by atoms with Crippen LogP contribution in [-0.4, -0.2) is 37.2 Å². The van der Waals surface area contributed by atoms with Gasteiger partial charge in [-0.15, -0.1) is 0 Å². The number of rotatable bonds is 57. The molecule has 0 saturated carbocycles. The molecule has 0 N–H and O–H groups in total. The fourth-order valence-corrected chi connectivity index (χ4v) is 8.24. The Morgan fingerprint density at radius 3 is 0.735 bits per heavy atom. The quantitative estimate of drug-likeness (QED) is 0.0261. The summed E-state index contributed by atoms with van der Waals surface area (Å²) in [5.74, 6) is -1.02. The fraction of sp³-hybridized carbons (Fsp3) is 0.545. The van der Waals surface area contributed by atoms with E-state index < -0.39 is 6.10 Å². The smallest absolute Gasteiger partial charge is 0.306 e. The number of unbranched alkanes of at least 4 members (excludes halogenated alkanes) is 14. The number of esters is 3. The molecular formula is C77H118O6. The van der Waals surface area contributed by atoms with Crippen molar-refractivity contribution in [3.63, 3.8) is 0 Å². The summed E-state index contributed by atoms with van der Waals surface area (Å²) < 4.78 is 16.8. The summed E-state index contributed by atoms with van der Waals surface area (Å²) in [6, 6.07) is 0. The predicted octanol–water partition coefficient (Wildman–Crippen LogP) is 23.0. The SMILES string of the molecule is CC/C=C\C/C=C\C/C=C\C/C=C\C/C=C\C/C=C\C/C=C\C/C=C\C/C=C\C/C=C\CCCCC(=O)OCC(COC(=O)CCCCCCCCCCCCC)OC(=O)CCCC/C=C\C/C=C\C/C=C\C/C=C\C/C=C\C/C=C\CC. The number of ether oxygens (including phenoxy) is 3. The molecule has 83 heavy (non-hydrogen) atoms. The van der Waals surface area contributed by atoms with Crippen LogP contribution in [0.2, 0.25) is 0 Å². The van der Waals surface area contributed by atoms with E-state index in [0.29, 0.717) is 19.3 Å². The second-order valence-corrected chi connectivity index (χ2v) is 20.9. The van der Waals surface area contributed by atoms with Crippen molar-refractivity contribution in [3.05, 3.63) is 194 Å². The highest BCUT2D eigenvalue weighted by Crippen LogP contribution is 2.14. The minimum atomic E-state index is -0.830. The summed E-state index contributed by atoms with van der Waals surface area (Å²) >= 11 is 0. The van der Waals surface area contributed by atoms with Crippen molar-refractivity contribution in [2.24, 2.45) is 0 Å². The zero-order chi connectivity index (χ0) is 59.9. The Morgan fingerprint density at radius 1 is 0.253 bits per heavy atom. The molecule has 0 rings (SSSR count). The van der Waals surface area contributed by atoms with Gasteiger partial charge in [-0.05, 0) is 148 Å². The van der Waals surface area contributed by atoms with Gasteiger partial charge < -0.3 is 14.2 Å². The van der Waals surface area contributed by atoms with Gasteiger partial charge in [-0.25, -0.2) is 0 Å². The average Bonchev–Trinajstić information content (AvgIpc) is 3.48. The van der Waals surface area contributed by atoms with E-state index in [9.17, 15) is 14.4 Å². The minimum Gasteiger partial charge on any atom is -0.462 e. The van der Waals surface area contributed by atoms with Crippen molar-refractivity contribution in [1.82, 2.24) is 0 Å². The van der Waals surface area contributed by atoms with Crippen molar-refractivity contribution in [3.8, 4) is 0 Å². The van der Waals surface area contributed by atoms with Gasteiger partial charge in [0, 0.05) is 19.3 Å². The summed E-state index contributed by atoms with van der Waals surface area (Å²) in [4.78, 5) is 38.2. The molecule has 0 aliphatic carbocycles. The Morgan fingerprint density at radius 2 is 0.470 bits per heavy atom. The molecule has 0 radical (unpaired) electrons. The van der Waals surface area contributed by atoms with Crippen molar-refractivity contribution in [2.75, 3.05) is 13.2 Å². The number of hydrogen-bond donors (Lipinski definition) is 0. The second-order valence-electron chi connectivity index (χ2n) is 20.9. The van der Waals surface area contributed by atoms with Crippen LogP contribution in [0.1, 0.15) is 252 Å². The summed E-state index contributed by atoms with van der Waals surface area (Å²) in [7, 11) is 0. The molecule has 0 fully saturated rings. The molecule has 462 valence electrons. The molecule has 0 aromatic rings. The molecule has 0 heterocycles. The van der Waals surface area contributed by atoms with Gasteiger partial charge in [-0.2, -0.15) is 0 Å². The molecule has 0 spiro atoms. The van der Waals surface area contributed by atoms with Crippen LogP contribution in [0.3, 0.4) is 0 Å². The Labute approximate surface area is 509 Å². The minimum absolute atomic E-state index is 0.117. The number of carbonyl (C=O) groups is 3. The number of hydrogen-bond acceptors (Lipinski definition) is 6. The molecular weight excluding hydrogens is 1020 g/mol. The van der Waals surface area contributed by atoms with Crippen molar-refractivity contribution in [2.45, 2.75) is 258 Å². The van der Waals surface area contributed by atoms with Gasteiger partial charge in [0.05, 0.1) is 0 Å². The van der Waals surface area contributed by atoms with Crippen molar-refractivity contribution >= 4 is 17.9 Å². The lowest BCUT2D eigenvalue weighted by atomic mass is 10.1. The van der Waals surface area contributed by atoms with Crippen molar-refractivity contribution in [1.29, 1.82) is 0 Å². The van der Waals surface area contributed by atoms with E-state index in [1.165, 1.54) is 51.4 Å². The van der Waals surface area contributed by atoms with Crippen LogP contribution in [0.25, 0.3) is 0 Å². The van der Waals surface area contributed by atoms with Crippen LogP contribution in [0.15, 0.2) is 194 Å². The molecule has 6 nitrogen and oxygen atoms in total. The van der Waals surface area contributed by atoms with E-state index in [4.69, 9.17) is 14.2 Å². The zero-order valence-corrected chi connectivity index (χ0v) is 52.9. The molecule has 6 heteroatoms. The normalized spacial score (nSPS) is 13.4. The van der Waals surface area contributed by atoms with Crippen LogP contribution in [-0.2, 0) is 28.6 Å². The van der Waals surface area contributed by atoms with Crippen LogP contribution >= 0.6 is 0 Å². The molecule has 0 aliphatic heterocycles. The molecule has 0 saturated heterocycles. The zero-order valence-electron chi connectivity index (χ0n) is 52.9. The Kier molecular flexibility index (Phi) is 64.0. The van der Waals surface area contributed by atoms with E-state index in [1.807, 2.05) is 0 Å². The van der Waals surface area contributed by atoms with Gasteiger partial charge in [0.2, 0.25) is 0 Å². The highest BCUT2D eigenvalue weighted by molar-refractivity contribution is 5.71. The van der Waals surface area contributed by atoms with Crippen molar-refractivity contribution < 1.29 is 28.6 Å². The van der Waals surface area contributed by atoms with Gasteiger partial charge in [-0.3, -0.25) is 14.4 Å². The summed E-state index contributed by atoms with van der Waals surface area (Å²) in [6.45, 7) is 6.32. The van der Waals surface area contributed by atoms with E-state index in [2.05, 4.69) is 215 Å². The molecule has 1 atom stereocenters. The maximum atomic E-state index is 12.9. The maximum Gasteiger partial charge on any atom is 0.306 e. The first-order chi connectivity index (χ1) is 41.0. The van der Waals surface area contributed by atoms with Crippen LogP contribution in [0.5, 0.6) is 0 Å². The summed E-state index contributed by atoms with van der Waals surface area (Å²) in [5.41, 5.74) is 0. The molecule has 1 unspecified atom stereocenters. The maximum absolute atomic E-state index is 12.9. The Balaban J connectivity index is 4.46. The lowest BCUT2D eigenvalue weighted by molar-refractivity contribution is -0.167. The van der Waals surface area contributed by atoms with E-state index in [0.717, 1.165) is 148 Å². The lowest BCUT2D eigenvalue weighted by Crippen LogP contribution is -2.30. The van der Waals surface area contributed by atoms with Gasteiger partial charge in [-0.1, -0.05) is 279 Å². The first-order valence-corrected chi connectivity index (χ1v) is 32.9. The van der Waals surface area contributed by atoms with Gasteiger partial charge in [0.15, 0.2) is 6.10 Å². The Hall–Kier alpha value is -5.75. The highest BCUT2D eigenvalue weighted by Gasteiger charge is 2.19. The topological polar surface area (TPSA) is 78.9 Å².